The van der Waals surface area contributed by atoms with E-state index in [0.717, 1.165) is 56.1 Å². The Bertz CT molecular complexity index is 967. The third-order valence-electron chi connectivity index (χ3n) is 5.88. The van der Waals surface area contributed by atoms with Crippen molar-refractivity contribution in [2.24, 2.45) is 0 Å². The number of hydrogen-bond acceptors (Lipinski definition) is 5. The molecule has 0 bridgehead atoms. The van der Waals surface area contributed by atoms with Gasteiger partial charge in [-0.1, -0.05) is 18.9 Å². The van der Waals surface area contributed by atoms with Crippen LogP contribution in [0.1, 0.15) is 53.8 Å². The minimum atomic E-state index is -3.74. The lowest BCUT2D eigenvalue weighted by atomic mass is 9.99. The maximum absolute atomic E-state index is 13.9. The summed E-state index contributed by atoms with van der Waals surface area (Å²) in [4.78, 5) is 45.9. The number of carbonyl (C=O) groups is 2. The Balaban J connectivity index is 1.53. The molecule has 0 aliphatic carbocycles. The molecule has 2 aliphatic heterocycles. The molecule has 0 saturated carbocycles. The Morgan fingerprint density at radius 1 is 1.17 bits per heavy atom. The first kappa shape index (κ1) is 21.6. The van der Waals surface area contributed by atoms with Gasteiger partial charge in [0.1, 0.15) is 6.04 Å². The average Bonchev–Trinajstić information content (AvgIpc) is 3.34. The summed E-state index contributed by atoms with van der Waals surface area (Å²) in [5, 5.41) is 3.26. The normalized spacial score (nSPS) is 22.8. The van der Waals surface area contributed by atoms with Crippen molar-refractivity contribution in [2.45, 2.75) is 56.3 Å². The Morgan fingerprint density at radius 3 is 2.67 bits per heavy atom. The molecule has 2 fully saturated rings. The zero-order valence-corrected chi connectivity index (χ0v) is 17.9. The van der Waals surface area contributed by atoms with Crippen LogP contribution in [0.25, 0.3) is 10.1 Å². The van der Waals surface area contributed by atoms with Crippen LogP contribution >= 0.6 is 19.7 Å². The predicted molar refractivity (Wildman–Crippen MR) is 112 cm³/mol. The number of alkyl halides is 2. The Labute approximate surface area is 177 Å². The molecular formula is C20H23F2N2O4PS. The molecule has 162 valence electrons. The van der Waals surface area contributed by atoms with Gasteiger partial charge in [0.2, 0.25) is 14.3 Å². The molecule has 2 saturated heterocycles. The van der Waals surface area contributed by atoms with E-state index in [9.17, 15) is 18.4 Å². The maximum atomic E-state index is 13.9. The molecule has 2 unspecified atom stereocenters. The van der Waals surface area contributed by atoms with Crippen LogP contribution in [0, 0.1) is 0 Å². The number of thiophene rings is 1. The molecule has 2 aliphatic rings. The fourth-order valence-electron chi connectivity index (χ4n) is 4.30. The van der Waals surface area contributed by atoms with Crippen LogP contribution in [0.5, 0.6) is 0 Å². The molecule has 1 aromatic heterocycles. The first-order valence-electron chi connectivity index (χ1n) is 9.98. The van der Waals surface area contributed by atoms with Crippen molar-refractivity contribution in [2.75, 3.05) is 6.54 Å². The van der Waals surface area contributed by atoms with Crippen LogP contribution in [0.4, 0.5) is 8.78 Å². The average molecular weight is 456 g/mol. The van der Waals surface area contributed by atoms with Gasteiger partial charge in [-0.15, -0.1) is 11.3 Å². The van der Waals surface area contributed by atoms with Crippen molar-refractivity contribution < 1.29 is 28.2 Å². The summed E-state index contributed by atoms with van der Waals surface area (Å²) < 4.78 is 28.5. The van der Waals surface area contributed by atoms with Crippen molar-refractivity contribution >= 4 is 41.6 Å². The Hall–Kier alpha value is -1.67. The van der Waals surface area contributed by atoms with E-state index in [2.05, 4.69) is 5.32 Å². The fraction of sp³-hybridized carbons (Fsp3) is 0.500. The summed E-state index contributed by atoms with van der Waals surface area (Å²) in [5.74, 6) is -0.432. The standard InChI is InChI=1S/C20H23F2N2O4PS/c21-20(22,29(27)28)13-7-8-16-12(10-13)11-17(30-16)18(25)23-15-6-2-1-4-14-5-3-9-24(14)19(15)26/h7-8,10-11,14-15,27-28H,1-6,9H2,(H,23,25). The molecule has 1 aromatic carbocycles. The summed E-state index contributed by atoms with van der Waals surface area (Å²) in [7, 11) is -3.46. The van der Waals surface area contributed by atoms with Crippen LogP contribution < -0.4 is 5.32 Å². The quantitative estimate of drug-likeness (QED) is 0.609. The van der Waals surface area contributed by atoms with Gasteiger partial charge in [-0.05, 0) is 49.3 Å². The van der Waals surface area contributed by atoms with E-state index in [1.54, 1.807) is 0 Å². The largest absolute Gasteiger partial charge is 0.346 e. The lowest BCUT2D eigenvalue weighted by molar-refractivity contribution is -0.134. The molecule has 2 aromatic rings. The molecule has 3 heterocycles. The summed E-state index contributed by atoms with van der Waals surface area (Å²) in [5.41, 5.74) is -4.25. The van der Waals surface area contributed by atoms with Gasteiger partial charge >= 0.3 is 5.66 Å². The molecule has 2 atom stereocenters. The van der Waals surface area contributed by atoms with Gasteiger partial charge in [0, 0.05) is 22.8 Å². The molecule has 2 amide bonds. The van der Waals surface area contributed by atoms with Crippen molar-refractivity contribution in [3.8, 4) is 0 Å². The molecule has 30 heavy (non-hydrogen) atoms. The molecule has 0 spiro atoms. The highest BCUT2D eigenvalue weighted by molar-refractivity contribution is 7.46. The second kappa shape index (κ2) is 8.46. The second-order valence-electron chi connectivity index (χ2n) is 7.83. The van der Waals surface area contributed by atoms with Crippen molar-refractivity contribution in [3.05, 3.63) is 34.7 Å². The number of fused-ring (bicyclic) bond motifs is 2. The third-order valence-corrected chi connectivity index (χ3v) is 7.76. The lowest BCUT2D eigenvalue weighted by Gasteiger charge is -2.31. The monoisotopic (exact) mass is 456 g/mol. The minimum absolute atomic E-state index is 0.0344. The van der Waals surface area contributed by atoms with Crippen LogP contribution in [-0.2, 0) is 10.5 Å². The number of nitrogens with one attached hydrogen (secondary N) is 1. The van der Waals surface area contributed by atoms with E-state index in [-0.39, 0.29) is 11.9 Å². The van der Waals surface area contributed by atoms with E-state index in [4.69, 9.17) is 9.79 Å². The van der Waals surface area contributed by atoms with E-state index < -0.39 is 31.6 Å². The lowest BCUT2D eigenvalue weighted by Crippen LogP contribution is -2.50. The summed E-state index contributed by atoms with van der Waals surface area (Å²) in [6.45, 7) is 0.730. The zero-order chi connectivity index (χ0) is 21.5. The number of halogens is 2. The first-order valence-corrected chi connectivity index (χ1v) is 12.0. The molecule has 6 nitrogen and oxygen atoms in total. The Morgan fingerprint density at radius 2 is 1.90 bits per heavy atom. The topological polar surface area (TPSA) is 89.9 Å². The highest BCUT2D eigenvalue weighted by atomic mass is 32.1. The number of carbonyl (C=O) groups excluding carboxylic acids is 2. The molecule has 3 N–H and O–H groups in total. The fourth-order valence-corrected chi connectivity index (χ4v) is 5.62. The number of amides is 2. The van der Waals surface area contributed by atoms with Crippen LogP contribution in [-0.4, -0.2) is 45.1 Å². The third kappa shape index (κ3) is 4.08. The van der Waals surface area contributed by atoms with E-state index in [1.807, 2.05) is 4.90 Å². The molecular weight excluding hydrogens is 433 g/mol. The van der Waals surface area contributed by atoms with Gasteiger partial charge in [0.15, 0.2) is 0 Å². The maximum Gasteiger partial charge on any atom is 0.339 e. The SMILES string of the molecule is O=C(NC1CCCCC2CCCN2C1=O)c1cc2cc(C(F)(F)P(O)O)ccc2s1. The highest BCUT2D eigenvalue weighted by Gasteiger charge is 2.41. The van der Waals surface area contributed by atoms with Gasteiger partial charge in [-0.3, -0.25) is 9.59 Å². The number of rotatable bonds is 4. The summed E-state index contributed by atoms with van der Waals surface area (Å²) >= 11 is 1.15. The molecule has 10 heteroatoms. The van der Waals surface area contributed by atoms with Crippen LogP contribution in [0.2, 0.25) is 0 Å². The van der Waals surface area contributed by atoms with Gasteiger partial charge in [0.05, 0.1) is 4.88 Å². The smallest absolute Gasteiger partial charge is 0.339 e. The van der Waals surface area contributed by atoms with Gasteiger partial charge in [-0.2, -0.15) is 8.78 Å². The van der Waals surface area contributed by atoms with Crippen LogP contribution in [0.15, 0.2) is 24.3 Å². The first-order chi connectivity index (χ1) is 14.3. The highest BCUT2D eigenvalue weighted by Crippen LogP contribution is 2.53. The predicted octanol–water partition coefficient (Wildman–Crippen LogP) is 3.91. The molecule has 0 radical (unpaired) electrons. The van der Waals surface area contributed by atoms with Gasteiger partial charge in [-0.25, -0.2) is 0 Å². The van der Waals surface area contributed by atoms with E-state index in [0.29, 0.717) is 21.4 Å². The summed E-state index contributed by atoms with van der Waals surface area (Å²) in [6, 6.07) is 4.93. The number of benzene rings is 1. The zero-order valence-electron chi connectivity index (χ0n) is 16.2. The molecule has 4 rings (SSSR count). The van der Waals surface area contributed by atoms with Crippen molar-refractivity contribution in [3.63, 3.8) is 0 Å². The van der Waals surface area contributed by atoms with Gasteiger partial charge in [0.25, 0.3) is 5.91 Å². The van der Waals surface area contributed by atoms with Gasteiger partial charge < -0.3 is 20.0 Å². The summed E-state index contributed by atoms with van der Waals surface area (Å²) in [6.07, 6.45) is 5.51. The van der Waals surface area contributed by atoms with E-state index >= 15 is 0 Å². The van der Waals surface area contributed by atoms with Crippen molar-refractivity contribution in [1.29, 1.82) is 0 Å². The second-order valence-corrected chi connectivity index (χ2v) is 10.1. The van der Waals surface area contributed by atoms with Crippen molar-refractivity contribution in [1.82, 2.24) is 10.2 Å². The van der Waals surface area contributed by atoms with Crippen LogP contribution in [0.3, 0.4) is 0 Å². The Kier molecular flexibility index (Phi) is 6.08. The number of nitrogens with zero attached hydrogens (tertiary/aromatic N) is 1. The minimum Gasteiger partial charge on any atom is -0.346 e. The number of hydrogen-bond donors (Lipinski definition) is 3. The van der Waals surface area contributed by atoms with E-state index in [1.165, 1.54) is 18.2 Å².